The standard InChI is InChI=1S/C22H26N4O4S/c1-3-4-11-25-20(23)19(21(28)24-22(25)29)26(13-16-6-5-12-30-16)18(27)14-31-17-9-7-15(2)8-10-17/h5-10,12H,3-4,11,13-14,23H2,1-2H3,(H,24,28,29). The van der Waals surface area contributed by atoms with Crippen molar-refractivity contribution < 1.29 is 9.21 Å². The number of hydrogen-bond acceptors (Lipinski definition) is 6. The molecule has 0 aliphatic carbocycles. The van der Waals surface area contributed by atoms with E-state index in [2.05, 4.69) is 4.98 Å². The number of nitrogens with two attached hydrogens (primary N) is 1. The molecule has 2 aromatic heterocycles. The van der Waals surface area contributed by atoms with Crippen molar-refractivity contribution in [3.8, 4) is 0 Å². The summed E-state index contributed by atoms with van der Waals surface area (Å²) in [5.41, 5.74) is 6.03. The van der Waals surface area contributed by atoms with Crippen LogP contribution in [0.5, 0.6) is 0 Å². The van der Waals surface area contributed by atoms with Crippen molar-refractivity contribution in [3.63, 3.8) is 0 Å². The second-order valence-electron chi connectivity index (χ2n) is 7.16. The molecule has 2 heterocycles. The van der Waals surface area contributed by atoms with Gasteiger partial charge in [0.05, 0.1) is 18.6 Å². The summed E-state index contributed by atoms with van der Waals surface area (Å²) < 4.78 is 6.69. The number of amides is 1. The number of carbonyl (C=O) groups excluding carboxylic acids is 1. The van der Waals surface area contributed by atoms with Gasteiger partial charge in [0.15, 0.2) is 5.69 Å². The predicted molar refractivity (Wildman–Crippen MR) is 122 cm³/mol. The van der Waals surface area contributed by atoms with Gasteiger partial charge in [-0.2, -0.15) is 0 Å². The van der Waals surface area contributed by atoms with Crippen LogP contribution in [0.15, 0.2) is 61.6 Å². The van der Waals surface area contributed by atoms with Crippen LogP contribution in [0, 0.1) is 6.92 Å². The molecular weight excluding hydrogens is 416 g/mol. The van der Waals surface area contributed by atoms with Crippen LogP contribution in [0.2, 0.25) is 0 Å². The van der Waals surface area contributed by atoms with E-state index in [1.165, 1.54) is 27.5 Å². The number of nitrogens with zero attached hydrogens (tertiary/aromatic N) is 2. The zero-order valence-electron chi connectivity index (χ0n) is 17.6. The van der Waals surface area contributed by atoms with Gasteiger partial charge in [-0.05, 0) is 37.6 Å². The number of H-pyrrole nitrogens is 1. The Labute approximate surface area is 184 Å². The second kappa shape index (κ2) is 10.2. The summed E-state index contributed by atoms with van der Waals surface area (Å²) in [6.07, 6.45) is 3.06. The summed E-state index contributed by atoms with van der Waals surface area (Å²) in [6.45, 7) is 4.36. The number of furan rings is 1. The minimum atomic E-state index is -0.699. The Balaban J connectivity index is 1.95. The molecule has 1 aromatic carbocycles. The first-order valence-corrected chi connectivity index (χ1v) is 11.0. The van der Waals surface area contributed by atoms with Gasteiger partial charge >= 0.3 is 5.69 Å². The molecule has 164 valence electrons. The molecule has 0 aliphatic heterocycles. The Morgan fingerprint density at radius 1 is 1.23 bits per heavy atom. The maximum Gasteiger partial charge on any atom is 0.330 e. The Morgan fingerprint density at radius 3 is 2.61 bits per heavy atom. The van der Waals surface area contributed by atoms with Gasteiger partial charge in [0.2, 0.25) is 5.91 Å². The minimum absolute atomic E-state index is 0.0255. The monoisotopic (exact) mass is 442 g/mol. The topological polar surface area (TPSA) is 114 Å². The molecular formula is C22H26N4O4S. The van der Waals surface area contributed by atoms with Crippen molar-refractivity contribution in [2.45, 2.75) is 44.7 Å². The zero-order valence-corrected chi connectivity index (χ0v) is 18.4. The van der Waals surface area contributed by atoms with E-state index in [0.717, 1.165) is 16.9 Å². The largest absolute Gasteiger partial charge is 0.467 e. The van der Waals surface area contributed by atoms with Crippen LogP contribution in [-0.2, 0) is 17.9 Å². The van der Waals surface area contributed by atoms with Crippen molar-refractivity contribution in [3.05, 3.63) is 74.8 Å². The van der Waals surface area contributed by atoms with E-state index < -0.39 is 11.2 Å². The lowest BCUT2D eigenvalue weighted by Crippen LogP contribution is -2.41. The summed E-state index contributed by atoms with van der Waals surface area (Å²) in [7, 11) is 0. The van der Waals surface area contributed by atoms with Gasteiger partial charge in [0.25, 0.3) is 5.56 Å². The summed E-state index contributed by atoms with van der Waals surface area (Å²) in [5, 5.41) is 0. The molecule has 0 bridgehead atoms. The summed E-state index contributed by atoms with van der Waals surface area (Å²) in [6, 6.07) is 11.2. The van der Waals surface area contributed by atoms with E-state index in [1.54, 1.807) is 12.1 Å². The SMILES string of the molecule is CCCCn1c(N)c(N(Cc2ccco2)C(=O)CSc2ccc(C)cc2)c(=O)[nH]c1=O. The van der Waals surface area contributed by atoms with Crippen LogP contribution in [0.4, 0.5) is 11.5 Å². The molecule has 8 nitrogen and oxygen atoms in total. The molecule has 31 heavy (non-hydrogen) atoms. The number of aryl methyl sites for hydroxylation is 1. The minimum Gasteiger partial charge on any atom is -0.467 e. The van der Waals surface area contributed by atoms with Gasteiger partial charge in [-0.1, -0.05) is 31.0 Å². The highest BCUT2D eigenvalue weighted by molar-refractivity contribution is 8.00. The normalized spacial score (nSPS) is 10.9. The Hall–Kier alpha value is -3.20. The molecule has 0 aliphatic rings. The third kappa shape index (κ3) is 5.49. The number of unbranched alkanes of at least 4 members (excludes halogenated alkanes) is 1. The van der Waals surface area contributed by atoms with Gasteiger partial charge in [0.1, 0.15) is 11.6 Å². The fourth-order valence-corrected chi connectivity index (χ4v) is 3.86. The van der Waals surface area contributed by atoms with Crippen molar-refractivity contribution in [1.29, 1.82) is 0 Å². The number of anilines is 2. The number of nitrogen functional groups attached to an aromatic ring is 1. The highest BCUT2D eigenvalue weighted by Crippen LogP contribution is 2.24. The number of thioether (sulfide) groups is 1. The summed E-state index contributed by atoms with van der Waals surface area (Å²) in [4.78, 5) is 42.7. The van der Waals surface area contributed by atoms with Gasteiger partial charge < -0.3 is 10.2 Å². The van der Waals surface area contributed by atoms with E-state index in [1.807, 2.05) is 38.1 Å². The molecule has 0 unspecified atom stereocenters. The quantitative estimate of drug-likeness (QED) is 0.492. The Kier molecular flexibility index (Phi) is 7.41. The third-order valence-electron chi connectivity index (χ3n) is 4.80. The molecule has 9 heteroatoms. The smallest absolute Gasteiger partial charge is 0.330 e. The number of aromatic amines is 1. The Bertz CT molecular complexity index is 1130. The lowest BCUT2D eigenvalue weighted by atomic mass is 10.2. The number of nitrogens with one attached hydrogen (secondary N) is 1. The van der Waals surface area contributed by atoms with Crippen LogP contribution in [-0.4, -0.2) is 21.2 Å². The van der Waals surface area contributed by atoms with E-state index >= 15 is 0 Å². The second-order valence-corrected chi connectivity index (χ2v) is 8.21. The molecule has 1 amide bonds. The molecule has 0 fully saturated rings. The van der Waals surface area contributed by atoms with Crippen LogP contribution < -0.4 is 21.9 Å². The van der Waals surface area contributed by atoms with Crippen LogP contribution in [0.3, 0.4) is 0 Å². The van der Waals surface area contributed by atoms with Crippen LogP contribution in [0.1, 0.15) is 31.1 Å². The van der Waals surface area contributed by atoms with Gasteiger partial charge in [-0.25, -0.2) is 4.79 Å². The molecule has 0 saturated carbocycles. The van der Waals surface area contributed by atoms with Gasteiger partial charge in [-0.3, -0.25) is 24.0 Å². The molecule has 0 saturated heterocycles. The number of benzene rings is 1. The van der Waals surface area contributed by atoms with E-state index in [9.17, 15) is 14.4 Å². The molecule has 0 radical (unpaired) electrons. The van der Waals surface area contributed by atoms with E-state index in [-0.39, 0.29) is 29.7 Å². The maximum atomic E-state index is 13.2. The van der Waals surface area contributed by atoms with Crippen molar-refractivity contribution in [2.75, 3.05) is 16.4 Å². The van der Waals surface area contributed by atoms with Crippen molar-refractivity contribution >= 4 is 29.2 Å². The van der Waals surface area contributed by atoms with Gasteiger partial charge in [0, 0.05) is 11.4 Å². The molecule has 0 atom stereocenters. The highest BCUT2D eigenvalue weighted by atomic mass is 32.2. The number of carbonyl (C=O) groups is 1. The lowest BCUT2D eigenvalue weighted by Gasteiger charge is -2.23. The number of rotatable bonds is 9. The average molecular weight is 443 g/mol. The summed E-state index contributed by atoms with van der Waals surface area (Å²) >= 11 is 1.36. The number of hydrogen-bond donors (Lipinski definition) is 2. The first-order valence-electron chi connectivity index (χ1n) is 10.1. The fraction of sp³-hybridized carbons (Fsp3) is 0.318. The maximum absolute atomic E-state index is 13.2. The molecule has 3 N–H and O–H groups in total. The predicted octanol–water partition coefficient (Wildman–Crippen LogP) is 3.15. The highest BCUT2D eigenvalue weighted by Gasteiger charge is 2.25. The van der Waals surface area contributed by atoms with Crippen LogP contribution in [0.25, 0.3) is 0 Å². The van der Waals surface area contributed by atoms with Crippen LogP contribution >= 0.6 is 11.8 Å². The van der Waals surface area contributed by atoms with Crippen molar-refractivity contribution in [1.82, 2.24) is 9.55 Å². The first-order chi connectivity index (χ1) is 14.9. The molecule has 3 aromatic rings. The Morgan fingerprint density at radius 2 is 1.97 bits per heavy atom. The average Bonchev–Trinajstić information content (AvgIpc) is 3.25. The van der Waals surface area contributed by atoms with E-state index in [0.29, 0.717) is 18.7 Å². The van der Waals surface area contributed by atoms with Crippen molar-refractivity contribution in [2.24, 2.45) is 0 Å². The third-order valence-corrected chi connectivity index (χ3v) is 5.79. The van der Waals surface area contributed by atoms with E-state index in [4.69, 9.17) is 10.2 Å². The molecule has 3 rings (SSSR count). The molecule has 0 spiro atoms. The number of aromatic nitrogens is 2. The fourth-order valence-electron chi connectivity index (χ4n) is 3.08. The summed E-state index contributed by atoms with van der Waals surface area (Å²) in [5.74, 6) is 0.248. The first kappa shape index (κ1) is 22.5. The van der Waals surface area contributed by atoms with Gasteiger partial charge in [-0.15, -0.1) is 11.8 Å². The zero-order chi connectivity index (χ0) is 22.4. The lowest BCUT2D eigenvalue weighted by molar-refractivity contribution is -0.116.